The van der Waals surface area contributed by atoms with E-state index in [1.54, 1.807) is 12.3 Å². The van der Waals surface area contributed by atoms with Crippen LogP contribution in [-0.4, -0.2) is 10.9 Å². The standard InChI is InChI=1S/C17H13BrClF3N2O/c18-10-6-12(19)14(24-8-10)16(4-5-16)7-9-2-1-3-11(15(23)25)13(9)17(20,21)22/h1-3,6,8H,4-5,7H2,(H2,23,25). The highest BCUT2D eigenvalue weighted by molar-refractivity contribution is 9.10. The van der Waals surface area contributed by atoms with Gasteiger partial charge in [-0.15, -0.1) is 0 Å². The quantitative estimate of drug-likeness (QED) is 0.746. The number of rotatable bonds is 4. The molecule has 3 nitrogen and oxygen atoms in total. The van der Waals surface area contributed by atoms with Gasteiger partial charge in [0.05, 0.1) is 21.8 Å². The minimum Gasteiger partial charge on any atom is -0.366 e. The number of pyridine rings is 1. The van der Waals surface area contributed by atoms with Gasteiger partial charge in [0.2, 0.25) is 5.91 Å². The molecule has 1 amide bonds. The first-order valence-corrected chi connectivity index (χ1v) is 8.61. The third kappa shape index (κ3) is 3.53. The number of primary amides is 1. The number of amides is 1. The van der Waals surface area contributed by atoms with E-state index in [2.05, 4.69) is 20.9 Å². The van der Waals surface area contributed by atoms with Crippen LogP contribution in [0.4, 0.5) is 13.2 Å². The Morgan fingerprint density at radius 3 is 2.56 bits per heavy atom. The molecule has 1 aromatic heterocycles. The molecule has 0 radical (unpaired) electrons. The maximum absolute atomic E-state index is 13.5. The van der Waals surface area contributed by atoms with Crippen molar-refractivity contribution in [1.29, 1.82) is 0 Å². The van der Waals surface area contributed by atoms with Gasteiger partial charge in [0.1, 0.15) is 0 Å². The summed E-state index contributed by atoms with van der Waals surface area (Å²) in [6, 6.07) is 5.56. The fourth-order valence-corrected chi connectivity index (χ4v) is 3.93. The number of carbonyl (C=O) groups excluding carboxylic acids is 1. The molecule has 1 aromatic carbocycles. The largest absolute Gasteiger partial charge is 0.417 e. The fourth-order valence-electron chi connectivity index (χ4n) is 3.11. The third-order valence-corrected chi connectivity index (χ3v) is 5.11. The van der Waals surface area contributed by atoms with E-state index >= 15 is 0 Å². The zero-order chi connectivity index (χ0) is 18.4. The number of aromatic nitrogens is 1. The summed E-state index contributed by atoms with van der Waals surface area (Å²) in [5.74, 6) is -1.10. The number of carbonyl (C=O) groups is 1. The summed E-state index contributed by atoms with van der Waals surface area (Å²) in [7, 11) is 0. The predicted octanol–water partition coefficient (Wildman–Crippen LogP) is 4.89. The van der Waals surface area contributed by atoms with E-state index in [1.807, 2.05) is 0 Å². The molecule has 3 rings (SSSR count). The van der Waals surface area contributed by atoms with Crippen LogP contribution < -0.4 is 5.73 Å². The first-order chi connectivity index (χ1) is 11.6. The molecule has 0 unspecified atom stereocenters. The molecule has 1 aliphatic rings. The monoisotopic (exact) mass is 432 g/mol. The topological polar surface area (TPSA) is 56.0 Å². The Morgan fingerprint density at radius 1 is 1.36 bits per heavy atom. The Kier molecular flexibility index (Phi) is 4.58. The molecule has 0 atom stereocenters. The van der Waals surface area contributed by atoms with Crippen LogP contribution in [0.5, 0.6) is 0 Å². The Bertz CT molecular complexity index is 850. The lowest BCUT2D eigenvalue weighted by atomic mass is 9.88. The van der Waals surface area contributed by atoms with Crippen molar-refractivity contribution in [2.75, 3.05) is 0 Å². The van der Waals surface area contributed by atoms with Gasteiger partial charge in [-0.05, 0) is 52.9 Å². The van der Waals surface area contributed by atoms with Gasteiger partial charge in [0.25, 0.3) is 0 Å². The molecule has 0 aliphatic heterocycles. The molecule has 2 N–H and O–H groups in total. The van der Waals surface area contributed by atoms with Crippen molar-refractivity contribution in [2.24, 2.45) is 5.73 Å². The second-order valence-electron chi connectivity index (χ2n) is 6.14. The van der Waals surface area contributed by atoms with E-state index in [9.17, 15) is 18.0 Å². The van der Waals surface area contributed by atoms with E-state index in [0.29, 0.717) is 28.0 Å². The highest BCUT2D eigenvalue weighted by atomic mass is 79.9. The molecule has 25 heavy (non-hydrogen) atoms. The Morgan fingerprint density at radius 2 is 2.04 bits per heavy atom. The molecule has 0 bridgehead atoms. The van der Waals surface area contributed by atoms with Crippen molar-refractivity contribution in [1.82, 2.24) is 4.98 Å². The van der Waals surface area contributed by atoms with Crippen molar-refractivity contribution in [3.63, 3.8) is 0 Å². The van der Waals surface area contributed by atoms with Gasteiger partial charge in [-0.25, -0.2) is 0 Å². The Labute approximate surface area is 155 Å². The molecule has 1 fully saturated rings. The predicted molar refractivity (Wildman–Crippen MR) is 91.5 cm³/mol. The number of nitrogens with two attached hydrogens (primary N) is 1. The lowest BCUT2D eigenvalue weighted by molar-refractivity contribution is -0.138. The second kappa shape index (κ2) is 6.29. The zero-order valence-corrected chi connectivity index (χ0v) is 15.2. The first-order valence-electron chi connectivity index (χ1n) is 7.44. The minimum absolute atomic E-state index is 0.0297. The molecule has 2 aromatic rings. The average Bonchev–Trinajstić information content (AvgIpc) is 3.26. The average molecular weight is 434 g/mol. The van der Waals surface area contributed by atoms with Crippen molar-refractivity contribution < 1.29 is 18.0 Å². The van der Waals surface area contributed by atoms with Crippen LogP contribution in [0.15, 0.2) is 34.9 Å². The molecule has 0 saturated heterocycles. The minimum atomic E-state index is -4.67. The number of hydrogen-bond donors (Lipinski definition) is 1. The van der Waals surface area contributed by atoms with Crippen LogP contribution in [0.2, 0.25) is 5.02 Å². The second-order valence-corrected chi connectivity index (χ2v) is 7.47. The number of halogens is 5. The third-order valence-electron chi connectivity index (χ3n) is 4.39. The lowest BCUT2D eigenvalue weighted by Gasteiger charge is -2.21. The van der Waals surface area contributed by atoms with Crippen LogP contribution in [0.25, 0.3) is 0 Å². The van der Waals surface area contributed by atoms with Crippen LogP contribution in [0, 0.1) is 0 Å². The summed E-state index contributed by atoms with van der Waals surface area (Å²) in [5, 5.41) is 0.409. The fraction of sp³-hybridized carbons (Fsp3) is 0.294. The lowest BCUT2D eigenvalue weighted by Crippen LogP contribution is -2.23. The van der Waals surface area contributed by atoms with Crippen LogP contribution in [-0.2, 0) is 18.0 Å². The SMILES string of the molecule is NC(=O)c1cccc(CC2(c3ncc(Br)cc3Cl)CC2)c1C(F)(F)F. The van der Waals surface area contributed by atoms with E-state index in [-0.39, 0.29) is 12.0 Å². The molecule has 0 spiro atoms. The smallest absolute Gasteiger partial charge is 0.366 e. The Balaban J connectivity index is 2.06. The molecular weight excluding hydrogens is 421 g/mol. The molecule has 132 valence electrons. The van der Waals surface area contributed by atoms with Crippen LogP contribution in [0.1, 0.15) is 40.0 Å². The molecule has 8 heteroatoms. The van der Waals surface area contributed by atoms with Crippen molar-refractivity contribution in [3.8, 4) is 0 Å². The summed E-state index contributed by atoms with van der Waals surface area (Å²) in [4.78, 5) is 15.8. The molecular formula is C17H13BrClF3N2O. The van der Waals surface area contributed by atoms with Gasteiger partial charge in [-0.3, -0.25) is 9.78 Å². The van der Waals surface area contributed by atoms with Gasteiger partial charge in [-0.2, -0.15) is 13.2 Å². The zero-order valence-electron chi connectivity index (χ0n) is 12.8. The maximum atomic E-state index is 13.5. The van der Waals surface area contributed by atoms with Gasteiger partial charge in [0.15, 0.2) is 0 Å². The summed E-state index contributed by atoms with van der Waals surface area (Å²) >= 11 is 9.51. The summed E-state index contributed by atoms with van der Waals surface area (Å²) in [6.45, 7) is 0. The van der Waals surface area contributed by atoms with E-state index in [0.717, 1.165) is 6.07 Å². The van der Waals surface area contributed by atoms with Gasteiger partial charge >= 0.3 is 6.18 Å². The summed E-state index contributed by atoms with van der Waals surface area (Å²) < 4.78 is 41.3. The van der Waals surface area contributed by atoms with Gasteiger partial charge < -0.3 is 5.73 Å². The number of hydrogen-bond acceptors (Lipinski definition) is 2. The number of alkyl halides is 3. The molecule has 1 aliphatic carbocycles. The van der Waals surface area contributed by atoms with Crippen molar-refractivity contribution >= 4 is 33.4 Å². The normalized spacial score (nSPS) is 15.9. The highest BCUT2D eigenvalue weighted by Gasteiger charge is 2.49. The maximum Gasteiger partial charge on any atom is 0.417 e. The highest BCUT2D eigenvalue weighted by Crippen LogP contribution is 2.53. The van der Waals surface area contributed by atoms with Gasteiger partial charge in [-0.1, -0.05) is 23.7 Å². The van der Waals surface area contributed by atoms with Gasteiger partial charge in [0, 0.05) is 16.1 Å². The van der Waals surface area contributed by atoms with E-state index in [1.165, 1.54) is 12.1 Å². The van der Waals surface area contributed by atoms with Crippen LogP contribution >= 0.6 is 27.5 Å². The van der Waals surface area contributed by atoms with Crippen LogP contribution in [0.3, 0.4) is 0 Å². The summed E-state index contributed by atoms with van der Waals surface area (Å²) in [5.41, 5.74) is 3.71. The number of nitrogens with zero attached hydrogens (tertiary/aromatic N) is 1. The number of benzene rings is 1. The van der Waals surface area contributed by atoms with E-state index in [4.69, 9.17) is 17.3 Å². The van der Waals surface area contributed by atoms with Crippen molar-refractivity contribution in [3.05, 3.63) is 62.3 Å². The molecule has 1 saturated carbocycles. The summed E-state index contributed by atoms with van der Waals surface area (Å²) in [6.07, 6.45) is -1.64. The van der Waals surface area contributed by atoms with Crippen molar-refractivity contribution in [2.45, 2.75) is 30.9 Å². The molecule has 1 heterocycles. The first kappa shape index (κ1) is 18.2. The Hall–Kier alpha value is -1.60. The van der Waals surface area contributed by atoms with E-state index < -0.39 is 28.6 Å².